The highest BCUT2D eigenvalue weighted by Gasteiger charge is 2.28. The molecule has 118 valence electrons. The highest BCUT2D eigenvalue weighted by atomic mass is 35.5. The minimum Gasteiger partial charge on any atom is -0.494 e. The van der Waals surface area contributed by atoms with Gasteiger partial charge in [0.25, 0.3) is 0 Å². The van der Waals surface area contributed by atoms with Gasteiger partial charge in [0.15, 0.2) is 0 Å². The molecule has 1 unspecified atom stereocenters. The Hall–Kier alpha value is -2.21. The quantitative estimate of drug-likeness (QED) is 0.767. The van der Waals surface area contributed by atoms with Crippen molar-refractivity contribution in [3.8, 4) is 11.5 Å². The predicted molar refractivity (Wildman–Crippen MR) is 84.7 cm³/mol. The zero-order chi connectivity index (χ0) is 16.1. The van der Waals surface area contributed by atoms with E-state index in [1.807, 2.05) is 6.92 Å². The minimum atomic E-state index is -0.383. The molecule has 1 amide bonds. The topological polar surface area (TPSA) is 56.6 Å². The van der Waals surface area contributed by atoms with Gasteiger partial charge in [-0.25, -0.2) is 4.68 Å². The number of rotatable bonds is 6. The molecule has 0 aliphatic carbocycles. The Morgan fingerprint density at radius 2 is 1.95 bits per heavy atom. The number of halogens is 1. The number of alkyl halides is 1. The molecule has 1 heterocycles. The molecular weight excluding hydrogens is 306 g/mol. The number of carbonyl (C=O) groups is 1. The molecule has 0 saturated carbocycles. The van der Waals surface area contributed by atoms with Crippen molar-refractivity contribution >= 4 is 23.2 Å². The molecule has 0 N–H and O–H groups in total. The summed E-state index contributed by atoms with van der Waals surface area (Å²) in [5.41, 5.74) is 0.529. The van der Waals surface area contributed by atoms with Gasteiger partial charge in [0.2, 0.25) is 5.91 Å². The molecule has 2 rings (SSSR count). The van der Waals surface area contributed by atoms with Crippen LogP contribution in [0.3, 0.4) is 0 Å². The van der Waals surface area contributed by atoms with Crippen molar-refractivity contribution in [2.24, 2.45) is 0 Å². The van der Waals surface area contributed by atoms with Crippen LogP contribution in [-0.4, -0.2) is 35.8 Å². The first-order valence-corrected chi connectivity index (χ1v) is 7.25. The summed E-state index contributed by atoms with van der Waals surface area (Å²) >= 11 is 5.79. The summed E-state index contributed by atoms with van der Waals surface area (Å²) in [6.07, 6.45) is 3.05. The monoisotopic (exact) mass is 323 g/mol. The number of hydrogen-bond acceptors (Lipinski definition) is 4. The Morgan fingerprint density at radius 3 is 2.41 bits per heavy atom. The number of aromatic nitrogens is 2. The van der Waals surface area contributed by atoms with E-state index in [-0.39, 0.29) is 18.0 Å². The van der Waals surface area contributed by atoms with E-state index in [2.05, 4.69) is 5.10 Å². The molecule has 0 fully saturated rings. The molecule has 1 aromatic heterocycles. The summed E-state index contributed by atoms with van der Waals surface area (Å²) in [5, 5.41) is 4.19. The molecule has 0 aliphatic heterocycles. The van der Waals surface area contributed by atoms with Gasteiger partial charge >= 0.3 is 0 Å². The Bertz CT molecular complexity index is 609. The molecular formula is C15H18ClN3O3. The van der Waals surface area contributed by atoms with E-state index in [0.717, 1.165) is 0 Å². The number of carbonyl (C=O) groups excluding carboxylic acids is 1. The predicted octanol–water partition coefficient (Wildman–Crippen LogP) is 2.69. The summed E-state index contributed by atoms with van der Waals surface area (Å²) in [6, 6.07) is 7.12. The highest BCUT2D eigenvalue weighted by Crippen LogP contribution is 2.40. The van der Waals surface area contributed by atoms with Crippen LogP contribution in [0.2, 0.25) is 0 Å². The van der Waals surface area contributed by atoms with Gasteiger partial charge in [-0.2, -0.15) is 5.10 Å². The van der Waals surface area contributed by atoms with Crippen LogP contribution in [0.25, 0.3) is 0 Å². The first-order chi connectivity index (χ1) is 10.6. The molecule has 1 atom stereocenters. The lowest BCUT2D eigenvalue weighted by Crippen LogP contribution is -2.38. The molecule has 0 radical (unpaired) electrons. The van der Waals surface area contributed by atoms with Crippen molar-refractivity contribution in [1.82, 2.24) is 9.78 Å². The Balaban J connectivity index is 2.57. The second-order valence-electron chi connectivity index (χ2n) is 4.53. The molecule has 1 aromatic carbocycles. The maximum Gasteiger partial charge on any atom is 0.243 e. The number of anilines is 1. The number of para-hydroxylation sites is 1. The van der Waals surface area contributed by atoms with Gasteiger partial charge in [-0.15, -0.1) is 11.6 Å². The van der Waals surface area contributed by atoms with Crippen molar-refractivity contribution in [3.05, 3.63) is 36.7 Å². The molecule has 6 nitrogen and oxygen atoms in total. The highest BCUT2D eigenvalue weighted by molar-refractivity contribution is 6.29. The van der Waals surface area contributed by atoms with Crippen LogP contribution in [0.5, 0.6) is 11.5 Å². The maximum atomic E-state index is 12.4. The van der Waals surface area contributed by atoms with Gasteiger partial charge in [0.1, 0.15) is 29.2 Å². The van der Waals surface area contributed by atoms with E-state index in [4.69, 9.17) is 21.1 Å². The lowest BCUT2D eigenvalue weighted by atomic mass is 10.2. The second-order valence-corrected chi connectivity index (χ2v) is 4.79. The Kier molecular flexibility index (Phi) is 5.27. The standard InChI is InChI=1S/C15H18ClN3O3/c1-11(18-9-5-8-17-18)19(14(20)10-16)15-12(21-2)6-4-7-13(15)22-3/h4-9,11H,10H2,1-3H3. The zero-order valence-electron chi connectivity index (χ0n) is 12.7. The van der Waals surface area contributed by atoms with Crippen LogP contribution in [0, 0.1) is 0 Å². The largest absolute Gasteiger partial charge is 0.494 e. The van der Waals surface area contributed by atoms with Crippen LogP contribution >= 0.6 is 11.6 Å². The van der Waals surface area contributed by atoms with Crippen LogP contribution < -0.4 is 14.4 Å². The van der Waals surface area contributed by atoms with E-state index < -0.39 is 0 Å². The number of hydrogen-bond donors (Lipinski definition) is 0. The van der Waals surface area contributed by atoms with Crippen LogP contribution in [-0.2, 0) is 4.79 Å². The van der Waals surface area contributed by atoms with Crippen molar-refractivity contribution in [2.75, 3.05) is 25.0 Å². The molecule has 0 spiro atoms. The van der Waals surface area contributed by atoms with Gasteiger partial charge in [-0.1, -0.05) is 6.07 Å². The van der Waals surface area contributed by atoms with Crippen molar-refractivity contribution in [3.63, 3.8) is 0 Å². The SMILES string of the molecule is COc1cccc(OC)c1N(C(=O)CCl)C(C)n1cccn1. The number of benzene rings is 1. The number of ether oxygens (including phenoxy) is 2. The van der Waals surface area contributed by atoms with Crippen LogP contribution in [0.1, 0.15) is 13.1 Å². The average molecular weight is 324 g/mol. The van der Waals surface area contributed by atoms with Crippen LogP contribution in [0.4, 0.5) is 5.69 Å². The van der Waals surface area contributed by atoms with E-state index >= 15 is 0 Å². The summed E-state index contributed by atoms with van der Waals surface area (Å²) in [6.45, 7) is 1.85. The maximum absolute atomic E-state index is 12.4. The van der Waals surface area contributed by atoms with E-state index in [0.29, 0.717) is 17.2 Å². The molecule has 7 heteroatoms. The van der Waals surface area contributed by atoms with Crippen molar-refractivity contribution in [2.45, 2.75) is 13.1 Å². The van der Waals surface area contributed by atoms with Gasteiger partial charge in [0.05, 0.1) is 14.2 Å². The second kappa shape index (κ2) is 7.17. The summed E-state index contributed by atoms with van der Waals surface area (Å²) in [7, 11) is 3.08. The smallest absolute Gasteiger partial charge is 0.243 e. The molecule has 0 aliphatic rings. The Labute approximate surface area is 134 Å². The molecule has 0 saturated heterocycles. The fraction of sp³-hybridized carbons (Fsp3) is 0.333. The normalized spacial score (nSPS) is 11.8. The summed E-state index contributed by atoms with van der Waals surface area (Å²) < 4.78 is 12.4. The number of methoxy groups -OCH3 is 2. The third kappa shape index (κ3) is 3.01. The van der Waals surface area contributed by atoms with E-state index in [9.17, 15) is 4.79 Å². The third-order valence-electron chi connectivity index (χ3n) is 3.31. The van der Waals surface area contributed by atoms with Crippen molar-refractivity contribution < 1.29 is 14.3 Å². The van der Waals surface area contributed by atoms with Crippen LogP contribution in [0.15, 0.2) is 36.7 Å². The molecule has 22 heavy (non-hydrogen) atoms. The fourth-order valence-electron chi connectivity index (χ4n) is 2.27. The minimum absolute atomic E-state index is 0.160. The lowest BCUT2D eigenvalue weighted by molar-refractivity contribution is -0.117. The molecule has 2 aromatic rings. The van der Waals surface area contributed by atoms with Gasteiger partial charge in [0, 0.05) is 12.4 Å². The first-order valence-electron chi connectivity index (χ1n) is 6.72. The Morgan fingerprint density at radius 1 is 1.32 bits per heavy atom. The van der Waals surface area contributed by atoms with E-state index in [1.54, 1.807) is 55.6 Å². The summed E-state index contributed by atoms with van der Waals surface area (Å²) in [4.78, 5) is 14.0. The van der Waals surface area contributed by atoms with Gasteiger partial charge in [-0.3, -0.25) is 9.69 Å². The van der Waals surface area contributed by atoms with E-state index in [1.165, 1.54) is 4.90 Å². The third-order valence-corrected chi connectivity index (χ3v) is 3.54. The lowest BCUT2D eigenvalue weighted by Gasteiger charge is -2.31. The van der Waals surface area contributed by atoms with Crippen molar-refractivity contribution in [1.29, 1.82) is 0 Å². The van der Waals surface area contributed by atoms with Gasteiger partial charge < -0.3 is 9.47 Å². The summed E-state index contributed by atoms with van der Waals surface area (Å²) in [5.74, 6) is 0.619. The zero-order valence-corrected chi connectivity index (χ0v) is 13.4. The van der Waals surface area contributed by atoms with Gasteiger partial charge in [-0.05, 0) is 25.1 Å². The first kappa shape index (κ1) is 16.2. The average Bonchev–Trinajstić information content (AvgIpc) is 3.09. The number of nitrogens with zero attached hydrogens (tertiary/aromatic N) is 3. The molecule has 0 bridgehead atoms. The number of amides is 1. The fourth-order valence-corrected chi connectivity index (χ4v) is 2.40.